The third-order valence-electron chi connectivity index (χ3n) is 3.53. The SMILES string of the molecule is Cc1ccc(C(=O)NCCc2cc(Cl)c3c(c2)OCCO3)cn1. The molecule has 0 fully saturated rings. The van der Waals surface area contributed by atoms with Gasteiger partial charge in [-0.05, 0) is 43.2 Å². The van der Waals surface area contributed by atoms with E-state index in [2.05, 4.69) is 10.3 Å². The number of nitrogens with zero attached hydrogens (tertiary/aromatic N) is 1. The molecule has 1 aromatic heterocycles. The van der Waals surface area contributed by atoms with Crippen LogP contribution < -0.4 is 14.8 Å². The number of carbonyl (C=O) groups excluding carboxylic acids is 1. The lowest BCUT2D eigenvalue weighted by atomic mass is 10.1. The van der Waals surface area contributed by atoms with Gasteiger partial charge in [-0.3, -0.25) is 9.78 Å². The number of rotatable bonds is 4. The van der Waals surface area contributed by atoms with Gasteiger partial charge in [-0.15, -0.1) is 0 Å². The number of aryl methyl sites for hydroxylation is 1. The van der Waals surface area contributed by atoms with E-state index >= 15 is 0 Å². The molecule has 0 saturated carbocycles. The van der Waals surface area contributed by atoms with Crippen molar-refractivity contribution in [3.63, 3.8) is 0 Å². The Hall–Kier alpha value is -2.27. The van der Waals surface area contributed by atoms with Gasteiger partial charge in [-0.25, -0.2) is 0 Å². The second kappa shape index (κ2) is 6.87. The van der Waals surface area contributed by atoms with Crippen LogP contribution in [0.2, 0.25) is 5.02 Å². The van der Waals surface area contributed by atoms with E-state index in [1.54, 1.807) is 12.3 Å². The van der Waals surface area contributed by atoms with Crippen molar-refractivity contribution in [2.45, 2.75) is 13.3 Å². The number of ether oxygens (including phenoxy) is 2. The van der Waals surface area contributed by atoms with E-state index in [9.17, 15) is 4.79 Å². The average Bonchev–Trinajstić information content (AvgIpc) is 2.55. The molecule has 3 rings (SSSR count). The molecule has 5 nitrogen and oxygen atoms in total. The van der Waals surface area contributed by atoms with Gasteiger partial charge in [-0.2, -0.15) is 0 Å². The van der Waals surface area contributed by atoms with E-state index in [1.807, 2.05) is 25.1 Å². The molecular weight excluding hydrogens is 316 g/mol. The Kier molecular flexibility index (Phi) is 4.67. The number of benzene rings is 1. The topological polar surface area (TPSA) is 60.5 Å². The van der Waals surface area contributed by atoms with Crippen LogP contribution in [-0.2, 0) is 6.42 Å². The number of hydrogen-bond donors (Lipinski definition) is 1. The van der Waals surface area contributed by atoms with E-state index in [-0.39, 0.29) is 5.91 Å². The second-order valence-corrected chi connectivity index (χ2v) is 5.70. The zero-order chi connectivity index (χ0) is 16.2. The maximum Gasteiger partial charge on any atom is 0.252 e. The van der Waals surface area contributed by atoms with Gasteiger partial charge in [0.1, 0.15) is 13.2 Å². The van der Waals surface area contributed by atoms with E-state index in [0.29, 0.717) is 48.3 Å². The van der Waals surface area contributed by atoms with Crippen LogP contribution in [0.4, 0.5) is 0 Å². The molecular formula is C17H17ClN2O3. The molecule has 0 aliphatic carbocycles. The Morgan fingerprint density at radius 2 is 2.13 bits per heavy atom. The fraction of sp³-hybridized carbons (Fsp3) is 0.294. The minimum atomic E-state index is -0.138. The van der Waals surface area contributed by atoms with Gasteiger partial charge in [0, 0.05) is 18.4 Å². The van der Waals surface area contributed by atoms with Crippen LogP contribution in [-0.4, -0.2) is 30.6 Å². The van der Waals surface area contributed by atoms with Gasteiger partial charge < -0.3 is 14.8 Å². The molecule has 1 aliphatic heterocycles. The summed E-state index contributed by atoms with van der Waals surface area (Å²) in [6.45, 7) is 3.41. The Morgan fingerprint density at radius 1 is 1.30 bits per heavy atom. The van der Waals surface area contributed by atoms with E-state index in [1.165, 1.54) is 0 Å². The van der Waals surface area contributed by atoms with Crippen molar-refractivity contribution in [3.8, 4) is 11.5 Å². The zero-order valence-corrected chi connectivity index (χ0v) is 13.5. The second-order valence-electron chi connectivity index (χ2n) is 5.30. The van der Waals surface area contributed by atoms with Crippen molar-refractivity contribution < 1.29 is 14.3 Å². The highest BCUT2D eigenvalue weighted by Crippen LogP contribution is 2.38. The lowest BCUT2D eigenvalue weighted by molar-refractivity contribution is 0.0954. The normalized spacial score (nSPS) is 12.8. The minimum absolute atomic E-state index is 0.138. The Morgan fingerprint density at radius 3 is 2.91 bits per heavy atom. The predicted octanol–water partition coefficient (Wildman–Crippen LogP) is 2.79. The molecule has 2 heterocycles. The minimum Gasteiger partial charge on any atom is -0.486 e. The number of nitrogens with one attached hydrogen (secondary N) is 1. The van der Waals surface area contributed by atoms with E-state index in [0.717, 1.165) is 11.3 Å². The highest BCUT2D eigenvalue weighted by Gasteiger charge is 2.16. The summed E-state index contributed by atoms with van der Waals surface area (Å²) in [6, 6.07) is 7.32. The first-order chi connectivity index (χ1) is 11.1. The lowest BCUT2D eigenvalue weighted by Crippen LogP contribution is -2.26. The van der Waals surface area contributed by atoms with Crippen LogP contribution in [0.15, 0.2) is 30.5 Å². The fourth-order valence-corrected chi connectivity index (χ4v) is 2.62. The van der Waals surface area contributed by atoms with Crippen molar-refractivity contribution in [1.29, 1.82) is 0 Å². The average molecular weight is 333 g/mol. The zero-order valence-electron chi connectivity index (χ0n) is 12.8. The largest absolute Gasteiger partial charge is 0.486 e. The van der Waals surface area contributed by atoms with Crippen LogP contribution in [0.5, 0.6) is 11.5 Å². The third kappa shape index (κ3) is 3.74. The highest BCUT2D eigenvalue weighted by molar-refractivity contribution is 6.32. The molecule has 0 radical (unpaired) electrons. The van der Waals surface area contributed by atoms with Crippen LogP contribution >= 0.6 is 11.6 Å². The Bertz CT molecular complexity index is 717. The molecule has 0 saturated heterocycles. The van der Waals surface area contributed by atoms with E-state index < -0.39 is 0 Å². The predicted molar refractivity (Wildman–Crippen MR) is 87.5 cm³/mol. The molecule has 23 heavy (non-hydrogen) atoms. The number of carbonyl (C=O) groups is 1. The van der Waals surface area contributed by atoms with Gasteiger partial charge >= 0.3 is 0 Å². The van der Waals surface area contributed by atoms with Gasteiger partial charge in [0.05, 0.1) is 10.6 Å². The molecule has 0 unspecified atom stereocenters. The molecule has 6 heteroatoms. The molecule has 1 N–H and O–H groups in total. The maximum absolute atomic E-state index is 12.0. The third-order valence-corrected chi connectivity index (χ3v) is 3.81. The van der Waals surface area contributed by atoms with Gasteiger partial charge in [0.15, 0.2) is 11.5 Å². The van der Waals surface area contributed by atoms with Gasteiger partial charge in [0.2, 0.25) is 0 Å². The smallest absolute Gasteiger partial charge is 0.252 e. The summed E-state index contributed by atoms with van der Waals surface area (Å²) < 4.78 is 11.0. The van der Waals surface area contributed by atoms with E-state index in [4.69, 9.17) is 21.1 Å². The first-order valence-corrected chi connectivity index (χ1v) is 7.80. The number of fused-ring (bicyclic) bond motifs is 1. The van der Waals surface area contributed by atoms with Crippen molar-refractivity contribution in [1.82, 2.24) is 10.3 Å². The quantitative estimate of drug-likeness (QED) is 0.935. The number of aromatic nitrogens is 1. The van der Waals surface area contributed by atoms with Crippen LogP contribution in [0.3, 0.4) is 0 Å². The molecule has 1 amide bonds. The summed E-state index contributed by atoms with van der Waals surface area (Å²) in [5.41, 5.74) is 2.42. The molecule has 120 valence electrons. The van der Waals surface area contributed by atoms with Crippen molar-refractivity contribution in [2.75, 3.05) is 19.8 Å². The monoisotopic (exact) mass is 332 g/mol. The molecule has 1 aliphatic rings. The molecule has 2 aromatic rings. The van der Waals surface area contributed by atoms with Crippen LogP contribution in [0.25, 0.3) is 0 Å². The molecule has 1 aromatic carbocycles. The van der Waals surface area contributed by atoms with Crippen molar-refractivity contribution >= 4 is 17.5 Å². The Balaban J connectivity index is 1.59. The van der Waals surface area contributed by atoms with Crippen LogP contribution in [0, 0.1) is 6.92 Å². The number of pyridine rings is 1. The summed E-state index contributed by atoms with van der Waals surface area (Å²) in [5, 5.41) is 3.41. The van der Waals surface area contributed by atoms with Crippen LogP contribution in [0.1, 0.15) is 21.6 Å². The maximum atomic E-state index is 12.0. The first-order valence-electron chi connectivity index (χ1n) is 7.42. The first kappa shape index (κ1) is 15.6. The number of amides is 1. The molecule has 0 bridgehead atoms. The van der Waals surface area contributed by atoms with Crippen molar-refractivity contribution in [2.24, 2.45) is 0 Å². The standard InChI is InChI=1S/C17H17ClN2O3/c1-11-2-3-13(10-20-11)17(21)19-5-4-12-8-14(18)16-15(9-12)22-6-7-23-16/h2-3,8-10H,4-7H2,1H3,(H,19,21). The van der Waals surface area contributed by atoms with Gasteiger partial charge in [-0.1, -0.05) is 11.6 Å². The summed E-state index contributed by atoms with van der Waals surface area (Å²) in [6.07, 6.45) is 2.23. The van der Waals surface area contributed by atoms with Crippen molar-refractivity contribution in [3.05, 3.63) is 52.3 Å². The fourth-order valence-electron chi connectivity index (χ4n) is 2.33. The summed E-state index contributed by atoms with van der Waals surface area (Å²) in [7, 11) is 0. The Labute approximate surface area is 139 Å². The lowest BCUT2D eigenvalue weighted by Gasteiger charge is -2.20. The summed E-state index contributed by atoms with van der Waals surface area (Å²) >= 11 is 6.20. The molecule has 0 atom stereocenters. The summed E-state index contributed by atoms with van der Waals surface area (Å²) in [5.74, 6) is 1.12. The molecule has 0 spiro atoms. The summed E-state index contributed by atoms with van der Waals surface area (Å²) in [4.78, 5) is 16.1. The highest BCUT2D eigenvalue weighted by atomic mass is 35.5. The number of halogens is 1. The number of hydrogen-bond acceptors (Lipinski definition) is 4. The van der Waals surface area contributed by atoms with Gasteiger partial charge in [0.25, 0.3) is 5.91 Å².